The molecule has 0 unspecified atom stereocenters. The Kier molecular flexibility index (Phi) is 5.85. The summed E-state index contributed by atoms with van der Waals surface area (Å²) in [4.78, 5) is 21.5. The van der Waals surface area contributed by atoms with Crippen molar-refractivity contribution in [2.75, 3.05) is 13.2 Å². The number of hydrogen-bond donors (Lipinski definition) is 2. The Bertz CT molecular complexity index is 457. The molecule has 1 aromatic carbocycles. The fourth-order valence-electron chi connectivity index (χ4n) is 1.54. The van der Waals surface area contributed by atoms with Crippen LogP contribution in [0.3, 0.4) is 0 Å². The second-order valence-electron chi connectivity index (χ2n) is 4.39. The average molecular weight is 265 g/mol. The Hall–Kier alpha value is -2.04. The number of carboxylic acids is 1. The molecular weight excluding hydrogens is 246 g/mol. The number of aliphatic carboxylic acids is 1. The number of rotatable bonds is 7. The molecule has 2 N–H and O–H groups in total. The molecule has 0 atom stereocenters. The quantitative estimate of drug-likeness (QED) is 0.735. The molecule has 1 rings (SSSR count). The van der Waals surface area contributed by atoms with E-state index in [0.29, 0.717) is 13.0 Å². The van der Waals surface area contributed by atoms with E-state index in [1.807, 2.05) is 32.0 Å². The molecule has 19 heavy (non-hydrogen) atoms. The third-order valence-electron chi connectivity index (χ3n) is 2.59. The van der Waals surface area contributed by atoms with Crippen LogP contribution in [0.2, 0.25) is 0 Å². The lowest BCUT2D eigenvalue weighted by atomic mass is 10.1. The first-order chi connectivity index (χ1) is 8.99. The van der Waals surface area contributed by atoms with Gasteiger partial charge in [0.05, 0.1) is 6.61 Å². The van der Waals surface area contributed by atoms with E-state index in [2.05, 4.69) is 5.32 Å². The van der Waals surface area contributed by atoms with Gasteiger partial charge >= 0.3 is 5.97 Å². The van der Waals surface area contributed by atoms with Gasteiger partial charge in [-0.1, -0.05) is 12.1 Å². The van der Waals surface area contributed by atoms with Crippen molar-refractivity contribution in [3.8, 4) is 5.75 Å². The first-order valence-electron chi connectivity index (χ1n) is 6.17. The number of nitrogens with one attached hydrogen (secondary N) is 1. The predicted molar refractivity (Wildman–Crippen MR) is 71.3 cm³/mol. The van der Waals surface area contributed by atoms with Crippen molar-refractivity contribution in [2.24, 2.45) is 0 Å². The number of benzene rings is 1. The molecule has 0 bridgehead atoms. The summed E-state index contributed by atoms with van der Waals surface area (Å²) in [7, 11) is 0. The Morgan fingerprint density at radius 3 is 2.74 bits per heavy atom. The van der Waals surface area contributed by atoms with E-state index < -0.39 is 5.97 Å². The molecule has 0 saturated heterocycles. The van der Waals surface area contributed by atoms with E-state index in [4.69, 9.17) is 9.84 Å². The van der Waals surface area contributed by atoms with E-state index in [-0.39, 0.29) is 18.9 Å². The molecule has 0 aliphatic carbocycles. The minimum Gasteiger partial charge on any atom is -0.493 e. The van der Waals surface area contributed by atoms with E-state index in [1.54, 1.807) is 0 Å². The van der Waals surface area contributed by atoms with Crippen molar-refractivity contribution in [1.82, 2.24) is 5.32 Å². The van der Waals surface area contributed by atoms with Crippen molar-refractivity contribution < 1.29 is 19.4 Å². The van der Waals surface area contributed by atoms with Gasteiger partial charge in [0.2, 0.25) is 5.91 Å². The lowest BCUT2D eigenvalue weighted by Gasteiger charge is -2.09. The predicted octanol–water partition coefficient (Wildman–Crippen LogP) is 1.66. The zero-order valence-electron chi connectivity index (χ0n) is 11.2. The Balaban J connectivity index is 2.25. The fraction of sp³-hybridized carbons (Fsp3) is 0.429. The van der Waals surface area contributed by atoms with Crippen LogP contribution in [0, 0.1) is 13.8 Å². The maximum Gasteiger partial charge on any atom is 0.322 e. The van der Waals surface area contributed by atoms with Crippen LogP contribution in [0.1, 0.15) is 24.0 Å². The largest absolute Gasteiger partial charge is 0.493 e. The number of hydrogen-bond acceptors (Lipinski definition) is 3. The van der Waals surface area contributed by atoms with Crippen LogP contribution in [0.5, 0.6) is 5.75 Å². The van der Waals surface area contributed by atoms with Crippen LogP contribution in [0.4, 0.5) is 0 Å². The second kappa shape index (κ2) is 7.41. The van der Waals surface area contributed by atoms with Crippen LogP contribution in [0.15, 0.2) is 18.2 Å². The van der Waals surface area contributed by atoms with Gasteiger partial charge in [-0.15, -0.1) is 0 Å². The number of carbonyl (C=O) groups is 2. The van der Waals surface area contributed by atoms with Gasteiger partial charge in [0.1, 0.15) is 12.3 Å². The first kappa shape index (κ1) is 15.0. The number of ether oxygens (including phenoxy) is 1. The van der Waals surface area contributed by atoms with Crippen molar-refractivity contribution in [3.63, 3.8) is 0 Å². The van der Waals surface area contributed by atoms with E-state index in [1.165, 1.54) is 0 Å². The van der Waals surface area contributed by atoms with Gasteiger partial charge in [0, 0.05) is 6.42 Å². The summed E-state index contributed by atoms with van der Waals surface area (Å²) in [6.07, 6.45) is 0.816. The standard InChI is InChI=1S/C14H19NO4/c1-10-5-6-11(2)12(8-10)19-7-3-4-13(16)15-9-14(17)18/h5-6,8H,3-4,7,9H2,1-2H3,(H,15,16)(H,17,18). The normalized spacial score (nSPS) is 10.0. The molecule has 1 aromatic rings. The van der Waals surface area contributed by atoms with E-state index in [9.17, 15) is 9.59 Å². The van der Waals surface area contributed by atoms with Gasteiger partial charge in [-0.05, 0) is 37.5 Å². The average Bonchev–Trinajstić information content (AvgIpc) is 2.36. The Labute approximate surface area is 112 Å². The second-order valence-corrected chi connectivity index (χ2v) is 4.39. The molecule has 0 heterocycles. The van der Waals surface area contributed by atoms with Crippen LogP contribution in [0.25, 0.3) is 0 Å². The van der Waals surface area contributed by atoms with Gasteiger partial charge in [-0.3, -0.25) is 9.59 Å². The summed E-state index contributed by atoms with van der Waals surface area (Å²) >= 11 is 0. The maximum absolute atomic E-state index is 11.2. The summed E-state index contributed by atoms with van der Waals surface area (Å²) in [6, 6.07) is 5.96. The molecule has 0 radical (unpaired) electrons. The van der Waals surface area contributed by atoms with Crippen LogP contribution in [-0.2, 0) is 9.59 Å². The van der Waals surface area contributed by atoms with E-state index in [0.717, 1.165) is 16.9 Å². The zero-order chi connectivity index (χ0) is 14.3. The fourth-order valence-corrected chi connectivity index (χ4v) is 1.54. The molecule has 5 heteroatoms. The number of carbonyl (C=O) groups excluding carboxylic acids is 1. The summed E-state index contributed by atoms with van der Waals surface area (Å²) in [6.45, 7) is 4.06. The third-order valence-corrected chi connectivity index (χ3v) is 2.59. The number of aryl methyl sites for hydroxylation is 2. The highest BCUT2D eigenvalue weighted by Crippen LogP contribution is 2.19. The van der Waals surface area contributed by atoms with Gasteiger partial charge < -0.3 is 15.2 Å². The number of amides is 1. The smallest absolute Gasteiger partial charge is 0.322 e. The molecule has 0 aliphatic heterocycles. The van der Waals surface area contributed by atoms with Gasteiger partial charge in [-0.25, -0.2) is 0 Å². The molecule has 1 amide bonds. The van der Waals surface area contributed by atoms with E-state index >= 15 is 0 Å². The highest BCUT2D eigenvalue weighted by molar-refractivity contribution is 5.80. The molecule has 0 aliphatic rings. The molecule has 104 valence electrons. The molecule has 0 aromatic heterocycles. The molecule has 5 nitrogen and oxygen atoms in total. The number of carboxylic acid groups (broad SMARTS) is 1. The van der Waals surface area contributed by atoms with Crippen LogP contribution in [-0.4, -0.2) is 30.1 Å². The summed E-state index contributed by atoms with van der Waals surface area (Å²) in [5.41, 5.74) is 2.18. The lowest BCUT2D eigenvalue weighted by Crippen LogP contribution is -2.29. The third kappa shape index (κ3) is 5.90. The summed E-state index contributed by atoms with van der Waals surface area (Å²) in [5.74, 6) is -0.488. The maximum atomic E-state index is 11.2. The molecule has 0 spiro atoms. The first-order valence-corrected chi connectivity index (χ1v) is 6.17. The highest BCUT2D eigenvalue weighted by Gasteiger charge is 2.04. The minimum atomic E-state index is -1.04. The van der Waals surface area contributed by atoms with Gasteiger partial charge in [0.15, 0.2) is 0 Å². The van der Waals surface area contributed by atoms with Crippen LogP contribution < -0.4 is 10.1 Å². The highest BCUT2D eigenvalue weighted by atomic mass is 16.5. The van der Waals surface area contributed by atoms with Crippen molar-refractivity contribution in [3.05, 3.63) is 29.3 Å². The monoisotopic (exact) mass is 265 g/mol. The lowest BCUT2D eigenvalue weighted by molar-refractivity contribution is -0.137. The topological polar surface area (TPSA) is 75.6 Å². The van der Waals surface area contributed by atoms with Crippen LogP contribution >= 0.6 is 0 Å². The van der Waals surface area contributed by atoms with Gasteiger partial charge in [0.25, 0.3) is 0 Å². The Morgan fingerprint density at radius 1 is 1.32 bits per heavy atom. The summed E-state index contributed by atoms with van der Waals surface area (Å²) in [5, 5.41) is 10.7. The van der Waals surface area contributed by atoms with Crippen molar-refractivity contribution in [2.45, 2.75) is 26.7 Å². The minimum absolute atomic E-state index is 0.262. The molecule has 0 fully saturated rings. The summed E-state index contributed by atoms with van der Waals surface area (Å²) < 4.78 is 5.60. The Morgan fingerprint density at radius 2 is 2.05 bits per heavy atom. The molecule has 0 saturated carbocycles. The van der Waals surface area contributed by atoms with Gasteiger partial charge in [-0.2, -0.15) is 0 Å². The zero-order valence-corrected chi connectivity index (χ0v) is 11.2. The van der Waals surface area contributed by atoms with Crippen molar-refractivity contribution in [1.29, 1.82) is 0 Å². The molecular formula is C14H19NO4. The SMILES string of the molecule is Cc1ccc(C)c(OCCCC(=O)NCC(=O)O)c1. The van der Waals surface area contributed by atoms with Crippen molar-refractivity contribution >= 4 is 11.9 Å².